The molecular formula is C18H33N5O2S. The molecule has 0 radical (unpaired) electrons. The number of sulfone groups is 1. The van der Waals surface area contributed by atoms with Gasteiger partial charge in [-0.3, -0.25) is 9.67 Å². The van der Waals surface area contributed by atoms with Crippen LogP contribution in [0.4, 0.5) is 0 Å². The Morgan fingerprint density at radius 3 is 2.50 bits per heavy atom. The Kier molecular flexibility index (Phi) is 6.37. The lowest BCUT2D eigenvalue weighted by Crippen LogP contribution is -2.43. The van der Waals surface area contributed by atoms with Gasteiger partial charge in [0.15, 0.2) is 5.96 Å². The summed E-state index contributed by atoms with van der Waals surface area (Å²) in [6.07, 6.45) is 4.05. The normalized spacial score (nSPS) is 17.8. The topological polar surface area (TPSA) is 88.4 Å². The van der Waals surface area contributed by atoms with Gasteiger partial charge >= 0.3 is 0 Å². The van der Waals surface area contributed by atoms with Gasteiger partial charge in [0.1, 0.15) is 9.84 Å². The number of nitrogens with one attached hydrogen (secondary N) is 2. The highest BCUT2D eigenvalue weighted by molar-refractivity contribution is 7.90. The van der Waals surface area contributed by atoms with Crippen LogP contribution in [0, 0.1) is 19.3 Å². The van der Waals surface area contributed by atoms with E-state index >= 15 is 0 Å². The first kappa shape index (κ1) is 20.7. The van der Waals surface area contributed by atoms with E-state index in [-0.39, 0.29) is 17.2 Å². The third kappa shape index (κ3) is 5.72. The van der Waals surface area contributed by atoms with Gasteiger partial charge in [0.25, 0.3) is 0 Å². The molecule has 0 bridgehead atoms. The zero-order valence-corrected chi connectivity index (χ0v) is 17.7. The fourth-order valence-electron chi connectivity index (χ4n) is 3.35. The number of hydrogen-bond donors (Lipinski definition) is 2. The summed E-state index contributed by atoms with van der Waals surface area (Å²) in [5.41, 5.74) is 3.35. The van der Waals surface area contributed by atoms with Crippen molar-refractivity contribution in [2.45, 2.75) is 53.0 Å². The van der Waals surface area contributed by atoms with E-state index < -0.39 is 9.84 Å². The molecule has 0 saturated heterocycles. The lowest BCUT2D eigenvalue weighted by molar-refractivity contribution is 0.547. The fourth-order valence-corrected chi connectivity index (χ4v) is 4.84. The van der Waals surface area contributed by atoms with E-state index in [4.69, 9.17) is 0 Å². The zero-order valence-electron chi connectivity index (χ0n) is 16.9. The number of aryl methyl sites for hydroxylation is 2. The summed E-state index contributed by atoms with van der Waals surface area (Å²) in [7, 11) is -1.01. The third-order valence-electron chi connectivity index (χ3n) is 4.99. The molecule has 0 aliphatic heterocycles. The molecule has 2 rings (SSSR count). The van der Waals surface area contributed by atoms with Crippen LogP contribution >= 0.6 is 0 Å². The van der Waals surface area contributed by atoms with Crippen molar-refractivity contribution >= 4 is 15.8 Å². The first-order chi connectivity index (χ1) is 12.1. The van der Waals surface area contributed by atoms with Crippen LogP contribution in [-0.4, -0.2) is 55.3 Å². The summed E-state index contributed by atoms with van der Waals surface area (Å²) < 4.78 is 25.1. The molecule has 7 nitrogen and oxygen atoms in total. The standard InChI is InChI=1S/C18H33N5O2S/c1-7-19-17(20-11-18(8-9-18)12-26(6,24)25)21-13(2)10-16-14(3)22-23(5)15(16)4/h13H,7-12H2,1-6H3,(H2,19,20,21). The molecule has 148 valence electrons. The molecule has 2 N–H and O–H groups in total. The van der Waals surface area contributed by atoms with E-state index in [0.29, 0.717) is 6.54 Å². The first-order valence-corrected chi connectivity index (χ1v) is 11.3. The van der Waals surface area contributed by atoms with Gasteiger partial charge in [-0.25, -0.2) is 8.42 Å². The SMILES string of the molecule is CCNC(=NCC1(CS(C)(=O)=O)CC1)NC(C)Cc1c(C)nn(C)c1C. The summed E-state index contributed by atoms with van der Waals surface area (Å²) in [4.78, 5) is 4.67. The van der Waals surface area contributed by atoms with Gasteiger partial charge in [0.05, 0.1) is 11.4 Å². The quantitative estimate of drug-likeness (QED) is 0.522. The Balaban J connectivity index is 2.00. The second-order valence-electron chi connectivity index (χ2n) is 7.79. The average molecular weight is 384 g/mol. The van der Waals surface area contributed by atoms with Crippen molar-refractivity contribution in [1.82, 2.24) is 20.4 Å². The van der Waals surface area contributed by atoms with Gasteiger partial charge in [0.2, 0.25) is 0 Å². The van der Waals surface area contributed by atoms with E-state index in [9.17, 15) is 8.42 Å². The van der Waals surface area contributed by atoms with Gasteiger partial charge in [-0.2, -0.15) is 5.10 Å². The van der Waals surface area contributed by atoms with E-state index in [1.54, 1.807) is 0 Å². The predicted molar refractivity (Wildman–Crippen MR) is 106 cm³/mol. The van der Waals surface area contributed by atoms with E-state index in [1.807, 2.05) is 25.6 Å². The Bertz CT molecular complexity index is 763. The minimum absolute atomic E-state index is 0.157. The van der Waals surface area contributed by atoms with Crippen LogP contribution in [-0.2, 0) is 23.3 Å². The Morgan fingerprint density at radius 1 is 1.38 bits per heavy atom. The van der Waals surface area contributed by atoms with Crippen molar-refractivity contribution in [3.8, 4) is 0 Å². The van der Waals surface area contributed by atoms with Gasteiger partial charge in [-0.15, -0.1) is 0 Å². The lowest BCUT2D eigenvalue weighted by Gasteiger charge is -2.19. The maximum atomic E-state index is 11.6. The molecule has 8 heteroatoms. The highest BCUT2D eigenvalue weighted by Crippen LogP contribution is 2.46. The molecule has 1 saturated carbocycles. The zero-order chi connectivity index (χ0) is 19.5. The molecule has 0 aromatic carbocycles. The highest BCUT2D eigenvalue weighted by Gasteiger charge is 2.45. The van der Waals surface area contributed by atoms with Crippen molar-refractivity contribution in [3.05, 3.63) is 17.0 Å². The maximum Gasteiger partial charge on any atom is 0.191 e. The molecule has 0 spiro atoms. The molecule has 1 aliphatic rings. The second kappa shape index (κ2) is 7.98. The number of nitrogens with zero attached hydrogens (tertiary/aromatic N) is 3. The number of guanidine groups is 1. The molecule has 1 aromatic heterocycles. The smallest absolute Gasteiger partial charge is 0.191 e. The van der Waals surface area contributed by atoms with Crippen LogP contribution in [0.15, 0.2) is 4.99 Å². The number of hydrogen-bond acceptors (Lipinski definition) is 4. The van der Waals surface area contributed by atoms with Crippen molar-refractivity contribution < 1.29 is 8.42 Å². The van der Waals surface area contributed by atoms with Gasteiger partial charge in [-0.1, -0.05) is 0 Å². The summed E-state index contributed by atoms with van der Waals surface area (Å²) in [5.74, 6) is 0.978. The van der Waals surface area contributed by atoms with Crippen LogP contribution in [0.5, 0.6) is 0 Å². The number of rotatable bonds is 8. The van der Waals surface area contributed by atoms with Gasteiger partial charge < -0.3 is 10.6 Å². The average Bonchev–Trinajstić information content (AvgIpc) is 3.22. The van der Waals surface area contributed by atoms with Crippen LogP contribution in [0.3, 0.4) is 0 Å². The minimum atomic E-state index is -2.97. The van der Waals surface area contributed by atoms with E-state index in [2.05, 4.69) is 34.6 Å². The van der Waals surface area contributed by atoms with Gasteiger partial charge in [0, 0.05) is 43.5 Å². The van der Waals surface area contributed by atoms with Crippen LogP contribution in [0.2, 0.25) is 0 Å². The molecule has 1 fully saturated rings. The first-order valence-electron chi connectivity index (χ1n) is 9.27. The van der Waals surface area contributed by atoms with E-state index in [1.165, 1.54) is 17.5 Å². The van der Waals surface area contributed by atoms with Crippen molar-refractivity contribution in [1.29, 1.82) is 0 Å². The molecule has 1 unspecified atom stereocenters. The fraction of sp³-hybridized carbons (Fsp3) is 0.778. The summed E-state index contributed by atoms with van der Waals surface area (Å²) in [5, 5.41) is 11.2. The van der Waals surface area contributed by atoms with Crippen molar-refractivity contribution in [2.24, 2.45) is 17.5 Å². The summed E-state index contributed by atoms with van der Waals surface area (Å²) >= 11 is 0. The second-order valence-corrected chi connectivity index (χ2v) is 9.93. The summed E-state index contributed by atoms with van der Waals surface area (Å²) in [6, 6.07) is 0.194. The molecule has 26 heavy (non-hydrogen) atoms. The number of aliphatic imine (C=N–C) groups is 1. The Hall–Kier alpha value is -1.57. The lowest BCUT2D eigenvalue weighted by atomic mass is 10.1. The van der Waals surface area contributed by atoms with Crippen molar-refractivity contribution in [2.75, 3.05) is 25.1 Å². The highest BCUT2D eigenvalue weighted by atomic mass is 32.2. The Labute approximate surface area is 157 Å². The molecule has 1 heterocycles. The monoisotopic (exact) mass is 383 g/mol. The largest absolute Gasteiger partial charge is 0.357 e. The van der Waals surface area contributed by atoms with Gasteiger partial charge in [-0.05, 0) is 52.5 Å². The molecular weight excluding hydrogens is 350 g/mol. The van der Waals surface area contributed by atoms with Crippen LogP contribution in [0.25, 0.3) is 0 Å². The molecule has 1 atom stereocenters. The third-order valence-corrected chi connectivity index (χ3v) is 6.13. The van der Waals surface area contributed by atoms with Crippen molar-refractivity contribution in [3.63, 3.8) is 0 Å². The summed E-state index contributed by atoms with van der Waals surface area (Å²) in [6.45, 7) is 9.60. The van der Waals surface area contributed by atoms with Crippen LogP contribution in [0.1, 0.15) is 43.6 Å². The predicted octanol–water partition coefficient (Wildman–Crippen LogP) is 1.35. The number of aromatic nitrogens is 2. The molecule has 1 aromatic rings. The molecule has 0 amide bonds. The van der Waals surface area contributed by atoms with Crippen LogP contribution < -0.4 is 10.6 Å². The molecule has 1 aliphatic carbocycles. The maximum absolute atomic E-state index is 11.6. The Morgan fingerprint density at radius 2 is 2.04 bits per heavy atom. The minimum Gasteiger partial charge on any atom is -0.357 e. The van der Waals surface area contributed by atoms with E-state index in [0.717, 1.165) is 37.5 Å².